The molecular formula is C22H23NO3S2. The van der Waals surface area contributed by atoms with Crippen LogP contribution in [-0.4, -0.2) is 34.9 Å². The Morgan fingerprint density at radius 3 is 2.43 bits per heavy atom. The molecule has 0 bridgehead atoms. The molecule has 0 aliphatic carbocycles. The van der Waals surface area contributed by atoms with Gasteiger partial charge in [-0.05, 0) is 55.3 Å². The second kappa shape index (κ2) is 9.75. The van der Waals surface area contributed by atoms with E-state index in [-0.39, 0.29) is 5.91 Å². The lowest BCUT2D eigenvalue weighted by molar-refractivity contribution is -0.121. The van der Waals surface area contributed by atoms with Crippen molar-refractivity contribution in [2.24, 2.45) is 0 Å². The summed E-state index contributed by atoms with van der Waals surface area (Å²) in [6, 6.07) is 15.7. The number of hydrogen-bond donors (Lipinski definition) is 0. The lowest BCUT2D eigenvalue weighted by Gasteiger charge is -2.09. The Balaban J connectivity index is 1.45. The number of nitrogens with zero attached hydrogens (tertiary/aromatic N) is 1. The molecule has 1 aliphatic rings. The summed E-state index contributed by atoms with van der Waals surface area (Å²) in [6.07, 6.45) is 2.67. The SMILES string of the molecule is CCN1C(=O)C(=Cc2ccc(OCCCOc3cccc(C)c3)cc2)SC1=S. The van der Waals surface area contributed by atoms with Crippen molar-refractivity contribution in [1.82, 2.24) is 4.90 Å². The van der Waals surface area contributed by atoms with Crippen LogP contribution in [0.1, 0.15) is 24.5 Å². The van der Waals surface area contributed by atoms with Gasteiger partial charge < -0.3 is 9.47 Å². The summed E-state index contributed by atoms with van der Waals surface area (Å²) in [4.78, 5) is 14.5. The van der Waals surface area contributed by atoms with Crippen LogP contribution in [-0.2, 0) is 4.79 Å². The number of thioether (sulfide) groups is 1. The zero-order chi connectivity index (χ0) is 19.9. The van der Waals surface area contributed by atoms with Gasteiger partial charge >= 0.3 is 0 Å². The Hall–Kier alpha value is -2.31. The van der Waals surface area contributed by atoms with Gasteiger partial charge in [0.2, 0.25) is 0 Å². The highest BCUT2D eigenvalue weighted by Crippen LogP contribution is 2.32. The lowest BCUT2D eigenvalue weighted by atomic mass is 10.2. The normalized spacial score (nSPS) is 15.4. The van der Waals surface area contributed by atoms with Gasteiger partial charge in [-0.15, -0.1) is 0 Å². The van der Waals surface area contributed by atoms with Gasteiger partial charge in [-0.1, -0.05) is 48.2 Å². The largest absolute Gasteiger partial charge is 0.493 e. The fourth-order valence-electron chi connectivity index (χ4n) is 2.73. The highest BCUT2D eigenvalue weighted by Gasteiger charge is 2.30. The Morgan fingerprint density at radius 1 is 1.07 bits per heavy atom. The molecule has 1 aliphatic heterocycles. The number of carbonyl (C=O) groups excluding carboxylic acids is 1. The number of hydrogen-bond acceptors (Lipinski definition) is 5. The first kappa shape index (κ1) is 20.4. The fourth-order valence-corrected chi connectivity index (χ4v) is 4.11. The minimum absolute atomic E-state index is 0.0218. The molecule has 0 N–H and O–H groups in total. The van der Waals surface area contributed by atoms with Crippen LogP contribution in [0.15, 0.2) is 53.4 Å². The van der Waals surface area contributed by atoms with Gasteiger partial charge in [0.25, 0.3) is 5.91 Å². The molecule has 1 heterocycles. The van der Waals surface area contributed by atoms with E-state index in [2.05, 4.69) is 0 Å². The van der Waals surface area contributed by atoms with Gasteiger partial charge in [0.1, 0.15) is 15.8 Å². The third-order valence-electron chi connectivity index (χ3n) is 4.18. The van der Waals surface area contributed by atoms with Gasteiger partial charge in [0.15, 0.2) is 0 Å². The van der Waals surface area contributed by atoms with Crippen molar-refractivity contribution < 1.29 is 14.3 Å². The molecule has 0 radical (unpaired) electrons. The van der Waals surface area contributed by atoms with E-state index in [1.54, 1.807) is 4.90 Å². The van der Waals surface area contributed by atoms with E-state index in [9.17, 15) is 4.79 Å². The van der Waals surface area contributed by atoms with E-state index in [4.69, 9.17) is 21.7 Å². The van der Waals surface area contributed by atoms with Crippen molar-refractivity contribution in [3.63, 3.8) is 0 Å². The highest BCUT2D eigenvalue weighted by atomic mass is 32.2. The standard InChI is InChI=1S/C22H23NO3S2/c1-3-23-21(24)20(28-22(23)27)15-17-8-10-18(11-9-17)25-12-5-13-26-19-7-4-6-16(2)14-19/h4,6-11,14-15H,3,5,12-13H2,1-2H3. The summed E-state index contributed by atoms with van der Waals surface area (Å²) in [5.41, 5.74) is 2.14. The quantitative estimate of drug-likeness (QED) is 0.343. The predicted molar refractivity (Wildman–Crippen MR) is 119 cm³/mol. The van der Waals surface area contributed by atoms with Crippen LogP contribution in [0, 0.1) is 6.92 Å². The molecule has 28 heavy (non-hydrogen) atoms. The number of amides is 1. The molecule has 0 saturated carbocycles. The van der Waals surface area contributed by atoms with Crippen LogP contribution in [0.5, 0.6) is 11.5 Å². The van der Waals surface area contributed by atoms with Gasteiger partial charge in [-0.3, -0.25) is 9.69 Å². The maximum atomic E-state index is 12.3. The molecule has 0 spiro atoms. The molecule has 1 fully saturated rings. The van der Waals surface area contributed by atoms with E-state index in [0.717, 1.165) is 23.5 Å². The summed E-state index contributed by atoms with van der Waals surface area (Å²) in [6.45, 7) is 5.76. The summed E-state index contributed by atoms with van der Waals surface area (Å²) in [7, 11) is 0. The number of rotatable bonds is 8. The predicted octanol–water partition coefficient (Wildman–Crippen LogP) is 5.06. The molecule has 2 aromatic rings. The minimum Gasteiger partial charge on any atom is -0.493 e. The van der Waals surface area contributed by atoms with E-state index in [1.165, 1.54) is 17.3 Å². The second-order valence-electron chi connectivity index (χ2n) is 6.36. The van der Waals surface area contributed by atoms with Crippen molar-refractivity contribution in [3.05, 3.63) is 64.6 Å². The van der Waals surface area contributed by atoms with Gasteiger partial charge in [-0.2, -0.15) is 0 Å². The maximum absolute atomic E-state index is 12.3. The van der Waals surface area contributed by atoms with Crippen molar-refractivity contribution in [2.45, 2.75) is 20.3 Å². The Kier molecular flexibility index (Phi) is 7.12. The summed E-state index contributed by atoms with van der Waals surface area (Å²) in [5.74, 6) is 1.66. The minimum atomic E-state index is -0.0218. The number of ether oxygens (including phenoxy) is 2. The fraction of sp³-hybridized carbons (Fsp3) is 0.273. The molecular weight excluding hydrogens is 390 g/mol. The molecule has 1 saturated heterocycles. The van der Waals surface area contributed by atoms with Crippen molar-refractivity contribution in [2.75, 3.05) is 19.8 Å². The summed E-state index contributed by atoms with van der Waals surface area (Å²) in [5, 5.41) is 0. The van der Waals surface area contributed by atoms with Crippen LogP contribution >= 0.6 is 24.0 Å². The third kappa shape index (κ3) is 5.36. The van der Waals surface area contributed by atoms with E-state index < -0.39 is 0 Å². The average Bonchev–Trinajstić information content (AvgIpc) is 2.95. The molecule has 2 aromatic carbocycles. The van der Waals surface area contributed by atoms with E-state index in [1.807, 2.05) is 68.5 Å². The zero-order valence-electron chi connectivity index (χ0n) is 16.0. The smallest absolute Gasteiger partial charge is 0.266 e. The Labute approximate surface area is 175 Å². The highest BCUT2D eigenvalue weighted by molar-refractivity contribution is 8.26. The average molecular weight is 414 g/mol. The molecule has 0 unspecified atom stereocenters. The van der Waals surface area contributed by atoms with E-state index in [0.29, 0.717) is 29.0 Å². The van der Waals surface area contributed by atoms with Crippen molar-refractivity contribution in [1.29, 1.82) is 0 Å². The monoisotopic (exact) mass is 413 g/mol. The molecule has 0 aromatic heterocycles. The lowest BCUT2D eigenvalue weighted by Crippen LogP contribution is -2.27. The number of likely N-dealkylation sites (N-methyl/N-ethyl adjacent to an activating group) is 1. The maximum Gasteiger partial charge on any atom is 0.266 e. The molecule has 6 heteroatoms. The number of benzene rings is 2. The van der Waals surface area contributed by atoms with Crippen molar-refractivity contribution in [3.8, 4) is 11.5 Å². The molecule has 3 rings (SSSR count). The van der Waals surface area contributed by atoms with Gasteiger partial charge in [0, 0.05) is 13.0 Å². The Morgan fingerprint density at radius 2 is 1.79 bits per heavy atom. The van der Waals surface area contributed by atoms with Crippen LogP contribution < -0.4 is 9.47 Å². The van der Waals surface area contributed by atoms with Crippen molar-refractivity contribution >= 4 is 40.3 Å². The second-order valence-corrected chi connectivity index (χ2v) is 8.04. The zero-order valence-corrected chi connectivity index (χ0v) is 17.6. The van der Waals surface area contributed by atoms with E-state index >= 15 is 0 Å². The first-order chi connectivity index (χ1) is 13.6. The number of thiocarbonyl (C=S) groups is 1. The third-order valence-corrected chi connectivity index (χ3v) is 5.56. The molecule has 0 atom stereocenters. The summed E-state index contributed by atoms with van der Waals surface area (Å²) >= 11 is 6.58. The number of carbonyl (C=O) groups is 1. The van der Waals surface area contributed by atoms with Crippen LogP contribution in [0.3, 0.4) is 0 Å². The van der Waals surface area contributed by atoms with Gasteiger partial charge in [-0.25, -0.2) is 0 Å². The molecule has 1 amide bonds. The molecule has 146 valence electrons. The van der Waals surface area contributed by atoms with Gasteiger partial charge in [0.05, 0.1) is 18.1 Å². The summed E-state index contributed by atoms with van der Waals surface area (Å²) < 4.78 is 12.1. The first-order valence-corrected chi connectivity index (χ1v) is 10.5. The molecule has 4 nitrogen and oxygen atoms in total. The first-order valence-electron chi connectivity index (χ1n) is 9.24. The topological polar surface area (TPSA) is 38.8 Å². The van der Waals surface area contributed by atoms with Crippen LogP contribution in [0.4, 0.5) is 0 Å². The van der Waals surface area contributed by atoms with Crippen LogP contribution in [0.2, 0.25) is 0 Å². The Bertz CT molecular complexity index is 878. The number of aryl methyl sites for hydroxylation is 1. The van der Waals surface area contributed by atoms with Crippen LogP contribution in [0.25, 0.3) is 6.08 Å².